The van der Waals surface area contributed by atoms with Gasteiger partial charge < -0.3 is 14.5 Å². The molecule has 0 aliphatic carbocycles. The third kappa shape index (κ3) is 4.95. The summed E-state index contributed by atoms with van der Waals surface area (Å²) in [5.41, 5.74) is 3.84. The number of aryl methyl sites for hydroxylation is 1. The van der Waals surface area contributed by atoms with Gasteiger partial charge in [-0.15, -0.1) is 0 Å². The second-order valence-electron chi connectivity index (χ2n) is 8.91. The van der Waals surface area contributed by atoms with Crippen molar-refractivity contribution in [2.24, 2.45) is 0 Å². The Balaban J connectivity index is 1.47. The van der Waals surface area contributed by atoms with Crippen LogP contribution in [0.4, 0.5) is 24.5 Å². The van der Waals surface area contributed by atoms with Crippen LogP contribution in [0.25, 0.3) is 11.3 Å². The molecule has 9 heteroatoms. The summed E-state index contributed by atoms with van der Waals surface area (Å²) in [6, 6.07) is 13.3. The average Bonchev–Trinajstić information content (AvgIpc) is 2.87. The molecule has 0 spiro atoms. The van der Waals surface area contributed by atoms with Crippen LogP contribution in [0, 0.1) is 0 Å². The minimum absolute atomic E-state index is 0.158. The zero-order chi connectivity index (χ0) is 24.6. The van der Waals surface area contributed by atoms with Crippen molar-refractivity contribution in [3.8, 4) is 11.3 Å². The Bertz CT molecular complexity index is 1200. The van der Waals surface area contributed by atoms with Gasteiger partial charge >= 0.3 is 6.18 Å². The van der Waals surface area contributed by atoms with Gasteiger partial charge in [0.15, 0.2) is 0 Å². The molecule has 3 heterocycles. The molecular formula is C26H26ClF3N4O. The number of alkyl halides is 3. The van der Waals surface area contributed by atoms with Crippen LogP contribution in [0.2, 0.25) is 5.02 Å². The van der Waals surface area contributed by atoms with Crippen LogP contribution in [0.15, 0.2) is 48.5 Å². The van der Waals surface area contributed by atoms with Crippen molar-refractivity contribution >= 4 is 23.0 Å². The molecule has 2 aliphatic rings. The summed E-state index contributed by atoms with van der Waals surface area (Å²) in [7, 11) is 0. The number of morpholine rings is 1. The second kappa shape index (κ2) is 9.66. The van der Waals surface area contributed by atoms with E-state index in [-0.39, 0.29) is 10.6 Å². The molecular weight excluding hydrogens is 477 g/mol. The summed E-state index contributed by atoms with van der Waals surface area (Å²) in [6.07, 6.45) is -2.93. The van der Waals surface area contributed by atoms with Gasteiger partial charge in [-0.3, -0.25) is 0 Å². The number of ether oxygens (including phenoxy) is 1. The molecule has 184 valence electrons. The van der Waals surface area contributed by atoms with Crippen molar-refractivity contribution in [2.75, 3.05) is 42.6 Å². The summed E-state index contributed by atoms with van der Waals surface area (Å²) < 4.78 is 46.7. The molecule has 5 nitrogen and oxygen atoms in total. The number of fused-ring (bicyclic) bond motifs is 1. The summed E-state index contributed by atoms with van der Waals surface area (Å²) in [4.78, 5) is 4.26. The van der Waals surface area contributed by atoms with Gasteiger partial charge in [0.2, 0.25) is 0 Å². The van der Waals surface area contributed by atoms with E-state index < -0.39 is 17.8 Å². The summed E-state index contributed by atoms with van der Waals surface area (Å²) in [6.45, 7) is 5.55. The fourth-order valence-electron chi connectivity index (χ4n) is 4.88. The Morgan fingerprint density at radius 3 is 2.43 bits per heavy atom. The molecule has 0 bridgehead atoms. The molecule has 3 aromatic rings. The quantitative estimate of drug-likeness (QED) is 0.427. The highest BCUT2D eigenvalue weighted by Crippen LogP contribution is 2.41. The van der Waals surface area contributed by atoms with E-state index in [4.69, 9.17) is 16.3 Å². The minimum atomic E-state index is -4.46. The molecule has 1 saturated heterocycles. The van der Waals surface area contributed by atoms with Crippen molar-refractivity contribution in [1.82, 2.24) is 10.2 Å². The number of rotatable bonds is 4. The maximum Gasteiger partial charge on any atom is 0.416 e. The molecule has 2 aromatic carbocycles. The van der Waals surface area contributed by atoms with Crippen LogP contribution in [0.1, 0.15) is 36.2 Å². The maximum atomic E-state index is 13.8. The van der Waals surface area contributed by atoms with Gasteiger partial charge in [-0.25, -0.2) is 0 Å². The first-order chi connectivity index (χ1) is 16.8. The lowest BCUT2D eigenvalue weighted by Crippen LogP contribution is -2.36. The molecule has 5 rings (SSSR count). The zero-order valence-electron chi connectivity index (χ0n) is 19.4. The van der Waals surface area contributed by atoms with Crippen molar-refractivity contribution in [3.05, 3.63) is 70.4 Å². The molecule has 1 aromatic heterocycles. The van der Waals surface area contributed by atoms with Crippen LogP contribution in [0.3, 0.4) is 0 Å². The van der Waals surface area contributed by atoms with Crippen LogP contribution >= 0.6 is 11.6 Å². The molecule has 2 aliphatic heterocycles. The minimum Gasteiger partial charge on any atom is -0.378 e. The number of halogens is 4. The molecule has 35 heavy (non-hydrogen) atoms. The Morgan fingerprint density at radius 2 is 1.71 bits per heavy atom. The van der Waals surface area contributed by atoms with Crippen LogP contribution < -0.4 is 9.80 Å². The first-order valence-corrected chi connectivity index (χ1v) is 12.1. The van der Waals surface area contributed by atoms with Gasteiger partial charge in [-0.2, -0.15) is 23.4 Å². The number of nitrogens with zero attached hydrogens (tertiary/aromatic N) is 4. The van der Waals surface area contributed by atoms with Crippen molar-refractivity contribution in [1.29, 1.82) is 0 Å². The van der Waals surface area contributed by atoms with E-state index in [0.29, 0.717) is 12.2 Å². The fraction of sp³-hybridized carbons (Fsp3) is 0.385. The van der Waals surface area contributed by atoms with E-state index in [2.05, 4.69) is 27.2 Å². The summed E-state index contributed by atoms with van der Waals surface area (Å²) in [5, 5.41) is 9.17. The topological polar surface area (TPSA) is 41.5 Å². The highest BCUT2D eigenvalue weighted by atomic mass is 35.5. The number of benzene rings is 2. The van der Waals surface area contributed by atoms with Crippen molar-refractivity contribution < 1.29 is 17.9 Å². The summed E-state index contributed by atoms with van der Waals surface area (Å²) in [5.74, 6) is 0. The van der Waals surface area contributed by atoms with Crippen molar-refractivity contribution in [3.63, 3.8) is 0 Å². The Morgan fingerprint density at radius 1 is 0.971 bits per heavy atom. The second-order valence-corrected chi connectivity index (χ2v) is 9.35. The molecule has 0 saturated carbocycles. The van der Waals surface area contributed by atoms with E-state index in [1.165, 1.54) is 12.1 Å². The van der Waals surface area contributed by atoms with Crippen LogP contribution in [-0.2, 0) is 17.3 Å². The lowest BCUT2D eigenvalue weighted by molar-refractivity contribution is -0.138. The maximum absolute atomic E-state index is 13.8. The molecule has 0 N–H and O–H groups in total. The van der Waals surface area contributed by atoms with Gasteiger partial charge in [0.05, 0.1) is 41.9 Å². The van der Waals surface area contributed by atoms with Crippen molar-refractivity contribution in [2.45, 2.75) is 32.0 Å². The lowest BCUT2D eigenvalue weighted by atomic mass is 9.96. The van der Waals surface area contributed by atoms with Crippen LogP contribution in [0.5, 0.6) is 0 Å². The van der Waals surface area contributed by atoms with Gasteiger partial charge in [-0.1, -0.05) is 23.7 Å². The SMILES string of the molecule is C[C@H](c1cc(Cl)ccc1C(F)(F)F)N1CCCc2nnc(-c3ccc(N4CCOCC4)cc3)cc21. The highest BCUT2D eigenvalue weighted by molar-refractivity contribution is 6.30. The largest absolute Gasteiger partial charge is 0.416 e. The van der Waals surface area contributed by atoms with Gasteiger partial charge in [0.1, 0.15) is 0 Å². The third-order valence-corrected chi connectivity index (χ3v) is 6.98. The number of hydrogen-bond donors (Lipinski definition) is 0. The van der Waals surface area contributed by atoms with E-state index >= 15 is 0 Å². The molecule has 1 fully saturated rings. The van der Waals surface area contributed by atoms with Gasteiger partial charge in [-0.05, 0) is 61.7 Å². The molecule has 0 amide bonds. The monoisotopic (exact) mass is 502 g/mol. The summed E-state index contributed by atoms with van der Waals surface area (Å²) >= 11 is 6.11. The molecule has 0 unspecified atom stereocenters. The van der Waals surface area contributed by atoms with E-state index in [0.717, 1.165) is 67.8 Å². The predicted molar refractivity (Wildman–Crippen MR) is 131 cm³/mol. The first kappa shape index (κ1) is 23.9. The van der Waals surface area contributed by atoms with E-state index in [1.54, 1.807) is 6.92 Å². The normalized spacial score (nSPS) is 17.3. The van der Waals surface area contributed by atoms with Gasteiger partial charge in [0.25, 0.3) is 0 Å². The van der Waals surface area contributed by atoms with E-state index in [1.807, 2.05) is 23.1 Å². The molecule has 1 atom stereocenters. The fourth-order valence-corrected chi connectivity index (χ4v) is 5.06. The van der Waals surface area contributed by atoms with Gasteiger partial charge in [0, 0.05) is 35.9 Å². The Kier molecular flexibility index (Phi) is 6.59. The zero-order valence-corrected chi connectivity index (χ0v) is 20.1. The van der Waals surface area contributed by atoms with Crippen LogP contribution in [-0.4, -0.2) is 43.0 Å². The third-order valence-electron chi connectivity index (χ3n) is 6.75. The highest BCUT2D eigenvalue weighted by Gasteiger charge is 2.36. The number of aromatic nitrogens is 2. The lowest BCUT2D eigenvalue weighted by Gasteiger charge is -2.37. The first-order valence-electron chi connectivity index (χ1n) is 11.7. The number of hydrogen-bond acceptors (Lipinski definition) is 5. The van der Waals surface area contributed by atoms with E-state index in [9.17, 15) is 13.2 Å². The number of anilines is 2. The Hall–Kier alpha value is -2.84. The average molecular weight is 503 g/mol. The predicted octanol–water partition coefficient (Wildman–Crippen LogP) is 6.17. The Labute approximate surface area is 207 Å². The standard InChI is InChI=1S/C26H26ClF3N4O/c1-17(21-15-19(27)6-9-22(21)26(28,29)30)34-10-2-3-23-25(34)16-24(32-31-23)18-4-7-20(8-5-18)33-11-13-35-14-12-33/h4-9,15-17H,2-3,10-14H2,1H3/t17-/m1/s1. The smallest absolute Gasteiger partial charge is 0.378 e. The molecule has 0 radical (unpaired) electrons.